The Bertz CT molecular complexity index is 365. The van der Waals surface area contributed by atoms with E-state index in [-0.39, 0.29) is 6.10 Å². The molecule has 2 rings (SSSR count). The van der Waals surface area contributed by atoms with E-state index in [4.69, 9.17) is 9.47 Å². The molecule has 2 atom stereocenters. The fourth-order valence-corrected chi connectivity index (χ4v) is 2.48. The highest BCUT2D eigenvalue weighted by Gasteiger charge is 2.26. The topological polar surface area (TPSA) is 38.7 Å². The lowest BCUT2D eigenvalue weighted by Gasteiger charge is -2.22. The van der Waals surface area contributed by atoms with Crippen LogP contribution in [0.25, 0.3) is 0 Å². The van der Waals surface area contributed by atoms with E-state index in [2.05, 4.69) is 6.07 Å². The molecule has 0 fully saturated rings. The first-order chi connectivity index (χ1) is 8.83. The molecule has 100 valence electrons. The van der Waals surface area contributed by atoms with Crippen molar-refractivity contribution in [2.24, 2.45) is 0 Å². The molecule has 0 saturated carbocycles. The van der Waals surface area contributed by atoms with Gasteiger partial charge in [0, 0.05) is 6.61 Å². The monoisotopic (exact) mass is 250 g/mol. The van der Waals surface area contributed by atoms with E-state index < -0.39 is 6.10 Å². The van der Waals surface area contributed by atoms with Crippen molar-refractivity contribution < 1.29 is 14.6 Å². The predicted molar refractivity (Wildman–Crippen MR) is 70.6 cm³/mol. The van der Waals surface area contributed by atoms with Crippen LogP contribution in [0.4, 0.5) is 0 Å². The second-order valence-corrected chi connectivity index (χ2v) is 4.64. The van der Waals surface area contributed by atoms with E-state index in [1.54, 1.807) is 0 Å². The third-order valence-corrected chi connectivity index (χ3v) is 3.42. The van der Waals surface area contributed by atoms with Crippen LogP contribution in [0.5, 0.6) is 0 Å². The average Bonchev–Trinajstić information content (AvgIpc) is 2.56. The first-order valence-corrected chi connectivity index (χ1v) is 6.78. The SMILES string of the molecule is CCOCCOC1CCCc2ccccc2C1O. The molecule has 1 aromatic rings. The van der Waals surface area contributed by atoms with Crippen LogP contribution in [0, 0.1) is 0 Å². The average molecular weight is 250 g/mol. The molecule has 0 amide bonds. The standard InChI is InChI=1S/C15H22O3/c1-2-17-10-11-18-14-9-5-7-12-6-3-4-8-13(12)15(14)16/h3-4,6,8,14-16H,2,5,7,9-11H2,1H3. The van der Waals surface area contributed by atoms with E-state index in [0.29, 0.717) is 19.8 Å². The quantitative estimate of drug-likeness (QED) is 0.644. The second-order valence-electron chi connectivity index (χ2n) is 4.64. The number of aliphatic hydroxyl groups is 1. The van der Waals surface area contributed by atoms with Gasteiger partial charge in [0.1, 0.15) is 6.10 Å². The summed E-state index contributed by atoms with van der Waals surface area (Å²) in [4.78, 5) is 0. The molecule has 3 nitrogen and oxygen atoms in total. The van der Waals surface area contributed by atoms with E-state index in [9.17, 15) is 5.11 Å². The van der Waals surface area contributed by atoms with Crippen molar-refractivity contribution in [3.63, 3.8) is 0 Å². The lowest BCUT2D eigenvalue weighted by molar-refractivity contribution is -0.0589. The Morgan fingerprint density at radius 3 is 2.94 bits per heavy atom. The normalized spacial score (nSPS) is 23.4. The van der Waals surface area contributed by atoms with Gasteiger partial charge in [-0.2, -0.15) is 0 Å². The fraction of sp³-hybridized carbons (Fsp3) is 0.600. The minimum absolute atomic E-state index is 0.103. The zero-order valence-corrected chi connectivity index (χ0v) is 11.0. The molecule has 2 unspecified atom stereocenters. The highest BCUT2D eigenvalue weighted by Crippen LogP contribution is 2.30. The molecule has 3 heteroatoms. The van der Waals surface area contributed by atoms with Gasteiger partial charge in [-0.15, -0.1) is 0 Å². The minimum atomic E-state index is -0.509. The van der Waals surface area contributed by atoms with Crippen LogP contribution in [-0.4, -0.2) is 31.0 Å². The molecule has 0 saturated heterocycles. The Balaban J connectivity index is 1.97. The number of ether oxygens (including phenoxy) is 2. The van der Waals surface area contributed by atoms with Crippen molar-refractivity contribution in [3.05, 3.63) is 35.4 Å². The molecule has 0 bridgehead atoms. The number of aliphatic hydroxyl groups excluding tert-OH is 1. The molecule has 18 heavy (non-hydrogen) atoms. The third kappa shape index (κ3) is 3.31. The number of benzene rings is 1. The molecule has 0 radical (unpaired) electrons. The van der Waals surface area contributed by atoms with Gasteiger partial charge in [0.05, 0.1) is 19.3 Å². The van der Waals surface area contributed by atoms with Crippen LogP contribution in [0.3, 0.4) is 0 Å². The van der Waals surface area contributed by atoms with Gasteiger partial charge in [-0.25, -0.2) is 0 Å². The zero-order valence-electron chi connectivity index (χ0n) is 11.0. The van der Waals surface area contributed by atoms with Gasteiger partial charge < -0.3 is 14.6 Å². The van der Waals surface area contributed by atoms with E-state index in [1.807, 2.05) is 25.1 Å². The number of fused-ring (bicyclic) bond motifs is 1. The van der Waals surface area contributed by atoms with Crippen LogP contribution < -0.4 is 0 Å². The molecule has 1 aliphatic rings. The maximum absolute atomic E-state index is 10.4. The first kappa shape index (κ1) is 13.5. The van der Waals surface area contributed by atoms with Gasteiger partial charge in [-0.05, 0) is 37.3 Å². The molecule has 0 aromatic heterocycles. The summed E-state index contributed by atoms with van der Waals surface area (Å²) in [5.74, 6) is 0. The summed E-state index contributed by atoms with van der Waals surface area (Å²) < 4.78 is 11.0. The fourth-order valence-electron chi connectivity index (χ4n) is 2.48. The van der Waals surface area contributed by atoms with Crippen LogP contribution in [-0.2, 0) is 15.9 Å². The Kier molecular flexibility index (Phi) is 5.17. The van der Waals surface area contributed by atoms with Crippen molar-refractivity contribution in [2.45, 2.75) is 38.4 Å². The second kappa shape index (κ2) is 6.88. The molecular formula is C15H22O3. The van der Waals surface area contributed by atoms with Gasteiger partial charge in [0.2, 0.25) is 0 Å². The Labute approximate surface area is 109 Å². The summed E-state index contributed by atoms with van der Waals surface area (Å²) in [7, 11) is 0. The molecule has 0 heterocycles. The van der Waals surface area contributed by atoms with Crippen LogP contribution >= 0.6 is 0 Å². The maximum atomic E-state index is 10.4. The first-order valence-electron chi connectivity index (χ1n) is 6.78. The number of hydrogen-bond acceptors (Lipinski definition) is 3. The Hall–Kier alpha value is -0.900. The lowest BCUT2D eigenvalue weighted by atomic mass is 10.0. The largest absolute Gasteiger partial charge is 0.386 e. The summed E-state index contributed by atoms with van der Waals surface area (Å²) >= 11 is 0. The molecule has 0 aliphatic heterocycles. The molecule has 1 aromatic carbocycles. The predicted octanol–water partition coefficient (Wildman–Crippen LogP) is 2.48. The summed E-state index contributed by atoms with van der Waals surface area (Å²) in [5.41, 5.74) is 2.28. The number of aryl methyl sites for hydroxylation is 1. The molecule has 1 aliphatic carbocycles. The van der Waals surface area contributed by atoms with Crippen molar-refractivity contribution >= 4 is 0 Å². The van der Waals surface area contributed by atoms with Crippen LogP contribution in [0.2, 0.25) is 0 Å². The Morgan fingerprint density at radius 2 is 2.11 bits per heavy atom. The molecule has 1 N–H and O–H groups in total. The highest BCUT2D eigenvalue weighted by atomic mass is 16.5. The van der Waals surface area contributed by atoms with Gasteiger partial charge in [-0.3, -0.25) is 0 Å². The molecular weight excluding hydrogens is 228 g/mol. The lowest BCUT2D eigenvalue weighted by Crippen LogP contribution is -2.23. The number of hydrogen-bond donors (Lipinski definition) is 1. The summed E-state index contributed by atoms with van der Waals surface area (Å²) in [6, 6.07) is 8.11. The number of rotatable bonds is 5. The van der Waals surface area contributed by atoms with Gasteiger partial charge in [0.15, 0.2) is 0 Å². The summed E-state index contributed by atoms with van der Waals surface area (Å²) in [5, 5.41) is 10.4. The minimum Gasteiger partial charge on any atom is -0.386 e. The Morgan fingerprint density at radius 1 is 1.28 bits per heavy atom. The van der Waals surface area contributed by atoms with Crippen molar-refractivity contribution in [2.75, 3.05) is 19.8 Å². The van der Waals surface area contributed by atoms with Gasteiger partial charge in [0.25, 0.3) is 0 Å². The van der Waals surface area contributed by atoms with Crippen LogP contribution in [0.15, 0.2) is 24.3 Å². The smallest absolute Gasteiger partial charge is 0.105 e. The highest BCUT2D eigenvalue weighted by molar-refractivity contribution is 5.30. The van der Waals surface area contributed by atoms with Crippen molar-refractivity contribution in [1.29, 1.82) is 0 Å². The van der Waals surface area contributed by atoms with E-state index in [0.717, 1.165) is 24.8 Å². The van der Waals surface area contributed by atoms with E-state index in [1.165, 1.54) is 5.56 Å². The van der Waals surface area contributed by atoms with Crippen LogP contribution in [0.1, 0.15) is 37.0 Å². The summed E-state index contributed by atoms with van der Waals surface area (Å²) in [6.45, 7) is 3.83. The van der Waals surface area contributed by atoms with Crippen molar-refractivity contribution in [3.8, 4) is 0 Å². The van der Waals surface area contributed by atoms with Gasteiger partial charge >= 0.3 is 0 Å². The zero-order chi connectivity index (χ0) is 12.8. The van der Waals surface area contributed by atoms with Crippen molar-refractivity contribution in [1.82, 2.24) is 0 Å². The maximum Gasteiger partial charge on any atom is 0.105 e. The van der Waals surface area contributed by atoms with E-state index >= 15 is 0 Å². The summed E-state index contributed by atoms with van der Waals surface area (Å²) in [6.07, 6.45) is 2.38. The van der Waals surface area contributed by atoms with Gasteiger partial charge in [-0.1, -0.05) is 24.3 Å². The third-order valence-electron chi connectivity index (χ3n) is 3.42. The molecule has 0 spiro atoms.